The zero-order chi connectivity index (χ0) is 62.1. The van der Waals surface area contributed by atoms with E-state index in [4.69, 9.17) is 65.3 Å². The number of anilines is 6. The lowest BCUT2D eigenvalue weighted by atomic mass is 10.1. The molecular formula is C56H59N19O13. The van der Waals surface area contributed by atoms with Crippen LogP contribution in [0.1, 0.15) is 79.0 Å². The van der Waals surface area contributed by atoms with E-state index in [2.05, 4.69) is 78.6 Å². The molecule has 14 rings (SSSR count). The number of nitrogens with one attached hydrogen (secondary N) is 6. The number of aromatic amines is 6. The molecular weight excluding hydrogens is 1150 g/mol. The number of hydrogen-bond donors (Lipinski definition) is 12. The molecule has 0 radical (unpaired) electrons. The van der Waals surface area contributed by atoms with Crippen LogP contribution in [-0.4, -0.2) is 64.8 Å². The van der Waals surface area contributed by atoms with E-state index in [0.717, 1.165) is 59.1 Å². The average Bonchev–Trinajstić information content (AvgIpc) is 3.56. The van der Waals surface area contributed by atoms with Gasteiger partial charge < -0.3 is 65.3 Å². The maximum atomic E-state index is 11.6. The van der Waals surface area contributed by atoms with Crippen LogP contribution >= 0.6 is 0 Å². The summed E-state index contributed by atoms with van der Waals surface area (Å²) in [5.74, 6) is 1.14. The third-order valence-electron chi connectivity index (χ3n) is 12.4. The molecule has 0 amide bonds. The first-order valence-electron chi connectivity index (χ1n) is 26.2. The Balaban J connectivity index is 0.000000137. The molecule has 32 heteroatoms. The zero-order valence-corrected chi connectivity index (χ0v) is 46.7. The molecule has 88 heavy (non-hydrogen) atoms. The number of rotatable bonds is 8. The fourth-order valence-corrected chi connectivity index (χ4v) is 8.55. The van der Waals surface area contributed by atoms with Crippen molar-refractivity contribution in [2.75, 3.05) is 34.4 Å². The quantitative estimate of drug-likeness (QED) is 0.0840. The third kappa shape index (κ3) is 14.0. The molecule has 0 bridgehead atoms. The molecule has 0 unspecified atom stereocenters. The monoisotopic (exact) mass is 1210 g/mol. The van der Waals surface area contributed by atoms with E-state index in [1.165, 1.54) is 25.1 Å². The van der Waals surface area contributed by atoms with Crippen molar-refractivity contribution in [3.63, 3.8) is 0 Å². The van der Waals surface area contributed by atoms with Crippen LogP contribution in [0.3, 0.4) is 0 Å². The molecule has 0 spiro atoms. The highest BCUT2D eigenvalue weighted by Gasteiger charge is 2.17. The second-order valence-corrected chi connectivity index (χ2v) is 18.9. The normalized spacial score (nSPS) is 10.8. The topological polar surface area (TPSA) is 535 Å². The van der Waals surface area contributed by atoms with Crippen LogP contribution in [0, 0.1) is 13.8 Å². The van der Waals surface area contributed by atoms with Crippen molar-refractivity contribution < 1.29 is 30.9 Å². The lowest BCUT2D eigenvalue weighted by Crippen LogP contribution is -2.10. The van der Waals surface area contributed by atoms with E-state index in [-0.39, 0.29) is 104 Å². The number of fused-ring (bicyclic) bond motifs is 6. The molecule has 0 aliphatic heterocycles. The molecule has 14 aromatic rings. The number of aromatic nitrogens is 13. The summed E-state index contributed by atoms with van der Waals surface area (Å²) >= 11 is 0. The molecule has 32 nitrogen and oxygen atoms in total. The number of oxazole rings is 1. The van der Waals surface area contributed by atoms with E-state index >= 15 is 0 Å². The summed E-state index contributed by atoms with van der Waals surface area (Å²) in [7, 11) is 0. The van der Waals surface area contributed by atoms with Crippen molar-refractivity contribution in [1.29, 1.82) is 0 Å². The number of nitrogens with zero attached hydrogens (tertiary/aromatic N) is 7. The first-order valence-corrected chi connectivity index (χ1v) is 26.2. The Kier molecular flexibility index (Phi) is 19.0. The fraction of sp³-hybridized carbons (Fsp3) is 0.196. The van der Waals surface area contributed by atoms with Crippen LogP contribution in [0.5, 0.6) is 0 Å². The number of benzene rings is 1. The summed E-state index contributed by atoms with van der Waals surface area (Å²) < 4.78 is 35.7. The van der Waals surface area contributed by atoms with E-state index in [0.29, 0.717) is 57.4 Å². The number of nitrogen functional groups attached to an aromatic ring is 6. The number of nitrogens with two attached hydrogens (primary N) is 6. The Morgan fingerprint density at radius 3 is 1.01 bits per heavy atom. The Hall–Kier alpha value is -12.3. The van der Waals surface area contributed by atoms with Gasteiger partial charge in [0.05, 0.1) is 50.2 Å². The molecule has 13 aromatic heterocycles. The Morgan fingerprint density at radius 1 is 0.386 bits per heavy atom. The Bertz CT molecular complexity index is 4890. The summed E-state index contributed by atoms with van der Waals surface area (Å²) in [4.78, 5) is 110. The van der Waals surface area contributed by atoms with E-state index in [1.807, 2.05) is 30.3 Å². The predicted octanol–water partition coefficient (Wildman–Crippen LogP) is 5.92. The Morgan fingerprint density at radius 2 is 0.682 bits per heavy atom. The molecule has 0 saturated carbocycles. The van der Waals surface area contributed by atoms with Crippen molar-refractivity contribution in [3.05, 3.63) is 187 Å². The highest BCUT2D eigenvalue weighted by atomic mass is 16.4. The maximum Gasteiger partial charge on any atom is 0.295 e. The van der Waals surface area contributed by atoms with Gasteiger partial charge in [-0.25, -0.2) is 34.9 Å². The minimum atomic E-state index is -0.397. The lowest BCUT2D eigenvalue weighted by Gasteiger charge is -1.98. The van der Waals surface area contributed by atoms with E-state index < -0.39 is 5.56 Å². The van der Waals surface area contributed by atoms with Gasteiger partial charge in [0.1, 0.15) is 39.4 Å². The minimum Gasteiger partial charge on any atom is -0.457 e. The minimum absolute atomic E-state index is 0. The number of aryl methyl sites for hydroxylation is 4. The SMILES string of the molecule is C.CCCc1coc2c(=O)[nH]c(N)nc12.CCCc1coc2c(=O)[nH]c(N)nc12.Cc1coc2c(=O)[nH]c(N)nc12.Cc1coc2c(=O)[nH]c(N)nc12.Nc1nc2c(Cc3ccccc3)coc2c(=O)[nH]1.Nc1nc2c(Cc3ncco3)coc2c(=O)[nH]1. The number of hydrogen-bond acceptors (Lipinski definition) is 26. The van der Waals surface area contributed by atoms with Crippen molar-refractivity contribution in [3.8, 4) is 0 Å². The smallest absolute Gasteiger partial charge is 0.295 e. The maximum absolute atomic E-state index is 11.6. The highest BCUT2D eigenvalue weighted by molar-refractivity contribution is 5.80. The fourth-order valence-electron chi connectivity index (χ4n) is 8.55. The first-order chi connectivity index (χ1) is 41.8. The molecule has 0 fully saturated rings. The average molecular weight is 1210 g/mol. The number of H-pyrrole nitrogens is 6. The molecule has 13 heterocycles. The standard InChI is InChI=1S/C13H11N3O2.C10H8N4O3.2C9H11N3O2.2C7H7N3O2.CH4/c14-13-15-10-9(6-8-4-2-1-3-5-8)7-18-11(10)12(17)16-13;11-10-13-7-5(3-6-12-1-2-16-6)4-17-8(7)9(15)14-10;2*1-2-3-5-4-14-7-6(5)11-9(10)12-8(7)13;2*1-3-2-12-5-4(3)9-7(8)10-6(5)11;/h1-5,7H,6H2,(H3,14,15,16,17);1-2,4H,3H2,(H3,11,13,14,15);2*4H,2-3H2,1H3,(H3,10,11,12,13);2*2H,1H3,(H3,8,9,10,11);1H4. The van der Waals surface area contributed by atoms with Crippen LogP contribution in [0.15, 0.2) is 140 Å². The highest BCUT2D eigenvalue weighted by Crippen LogP contribution is 2.23. The van der Waals surface area contributed by atoms with Crippen LogP contribution in [0.25, 0.3) is 66.6 Å². The van der Waals surface area contributed by atoms with Crippen LogP contribution in [0.4, 0.5) is 35.7 Å². The van der Waals surface area contributed by atoms with Gasteiger partial charge in [-0.3, -0.25) is 58.7 Å². The van der Waals surface area contributed by atoms with Gasteiger partial charge in [0.2, 0.25) is 69.2 Å². The first kappa shape index (κ1) is 61.8. The van der Waals surface area contributed by atoms with Gasteiger partial charge in [-0.05, 0) is 32.3 Å². The molecule has 1 aromatic carbocycles. The molecule has 0 atom stereocenters. The van der Waals surface area contributed by atoms with Gasteiger partial charge in [0.15, 0.2) is 5.89 Å². The molecule has 0 saturated heterocycles. The lowest BCUT2D eigenvalue weighted by molar-refractivity contribution is 0.505. The molecule has 0 aliphatic rings. The summed E-state index contributed by atoms with van der Waals surface area (Å²) in [6, 6.07) is 9.90. The zero-order valence-electron chi connectivity index (χ0n) is 46.7. The predicted molar refractivity (Wildman–Crippen MR) is 327 cm³/mol. The molecule has 0 aliphatic carbocycles. The van der Waals surface area contributed by atoms with E-state index in [9.17, 15) is 28.8 Å². The number of furan rings is 6. The summed E-state index contributed by atoms with van der Waals surface area (Å²) in [5.41, 5.74) is 41.2. The van der Waals surface area contributed by atoms with Crippen LogP contribution < -0.4 is 67.8 Å². The van der Waals surface area contributed by atoms with Crippen LogP contribution in [-0.2, 0) is 25.7 Å². The van der Waals surface area contributed by atoms with Gasteiger partial charge in [-0.1, -0.05) is 64.4 Å². The summed E-state index contributed by atoms with van der Waals surface area (Å²) in [6.07, 6.45) is 16.8. The summed E-state index contributed by atoms with van der Waals surface area (Å²) in [6.45, 7) is 7.71. The van der Waals surface area contributed by atoms with Crippen LogP contribution in [0.2, 0.25) is 0 Å². The second-order valence-electron chi connectivity index (χ2n) is 18.9. The van der Waals surface area contributed by atoms with E-state index in [1.54, 1.807) is 38.8 Å². The van der Waals surface area contributed by atoms with Crippen molar-refractivity contribution in [1.82, 2.24) is 64.8 Å². The second kappa shape index (κ2) is 27.0. The van der Waals surface area contributed by atoms with Crippen molar-refractivity contribution in [2.45, 2.75) is 73.6 Å². The summed E-state index contributed by atoms with van der Waals surface area (Å²) in [5, 5.41) is 0. The molecule has 456 valence electrons. The largest absolute Gasteiger partial charge is 0.457 e. The van der Waals surface area contributed by atoms with Gasteiger partial charge in [0, 0.05) is 39.8 Å². The van der Waals surface area contributed by atoms with Crippen molar-refractivity contribution in [2.24, 2.45) is 0 Å². The van der Waals surface area contributed by atoms with Gasteiger partial charge in [-0.15, -0.1) is 0 Å². The van der Waals surface area contributed by atoms with Gasteiger partial charge in [0.25, 0.3) is 33.4 Å². The van der Waals surface area contributed by atoms with Gasteiger partial charge >= 0.3 is 0 Å². The Labute approximate surface area is 491 Å². The molecule has 18 N–H and O–H groups in total. The van der Waals surface area contributed by atoms with Gasteiger partial charge in [-0.2, -0.15) is 0 Å². The third-order valence-corrected chi connectivity index (χ3v) is 12.4. The van der Waals surface area contributed by atoms with Crippen molar-refractivity contribution >= 4 is 102 Å².